The molecule has 1 N–H and O–H groups in total. The highest BCUT2D eigenvalue weighted by molar-refractivity contribution is 6.30. The molecule has 2 aromatic rings. The summed E-state index contributed by atoms with van der Waals surface area (Å²) < 4.78 is 0. The molecular formula is C16H17ClN2O2. The highest BCUT2D eigenvalue weighted by Crippen LogP contribution is 2.28. The molecule has 1 heterocycles. The fourth-order valence-electron chi connectivity index (χ4n) is 2.73. The predicted molar refractivity (Wildman–Crippen MR) is 82.5 cm³/mol. The van der Waals surface area contributed by atoms with Crippen LogP contribution < -0.4 is 0 Å². The van der Waals surface area contributed by atoms with E-state index in [0.717, 1.165) is 24.6 Å². The smallest absolute Gasteiger partial charge is 0.254 e. The molecule has 1 amide bonds. The highest BCUT2D eigenvalue weighted by atomic mass is 35.5. The van der Waals surface area contributed by atoms with Crippen molar-refractivity contribution in [2.75, 3.05) is 13.2 Å². The molecule has 0 spiro atoms. The van der Waals surface area contributed by atoms with E-state index in [2.05, 4.69) is 4.98 Å². The maximum Gasteiger partial charge on any atom is 0.254 e. The Kier molecular flexibility index (Phi) is 4.08. The van der Waals surface area contributed by atoms with E-state index in [1.54, 1.807) is 11.0 Å². The fourth-order valence-corrected chi connectivity index (χ4v) is 2.93. The van der Waals surface area contributed by atoms with Gasteiger partial charge in [0, 0.05) is 18.0 Å². The molecule has 1 aliphatic carbocycles. The maximum absolute atomic E-state index is 12.9. The van der Waals surface area contributed by atoms with Crippen LogP contribution in [0.3, 0.4) is 0 Å². The lowest BCUT2D eigenvalue weighted by molar-refractivity contribution is 0.0527. The van der Waals surface area contributed by atoms with Crippen LogP contribution in [0.2, 0.25) is 5.15 Å². The molecule has 1 fully saturated rings. The van der Waals surface area contributed by atoms with Gasteiger partial charge in [-0.25, -0.2) is 4.98 Å². The number of amides is 1. The Labute approximate surface area is 128 Å². The Bertz CT molecular complexity index is 670. The summed E-state index contributed by atoms with van der Waals surface area (Å²) >= 11 is 6.05. The summed E-state index contributed by atoms with van der Waals surface area (Å²) in [5, 5.41) is 10.4. The monoisotopic (exact) mass is 304 g/mol. The number of aliphatic hydroxyl groups excluding tert-OH is 1. The molecule has 1 saturated carbocycles. The molecule has 4 nitrogen and oxygen atoms in total. The van der Waals surface area contributed by atoms with Gasteiger partial charge in [0.15, 0.2) is 0 Å². The van der Waals surface area contributed by atoms with Crippen LogP contribution in [-0.2, 0) is 0 Å². The minimum Gasteiger partial charge on any atom is -0.395 e. The first-order valence-electron chi connectivity index (χ1n) is 7.18. The lowest BCUT2D eigenvalue weighted by Crippen LogP contribution is -2.45. The number of nitrogens with zero attached hydrogens (tertiary/aromatic N) is 2. The van der Waals surface area contributed by atoms with Crippen LogP contribution in [0, 0.1) is 0 Å². The second-order valence-corrected chi connectivity index (χ2v) is 5.70. The van der Waals surface area contributed by atoms with Crippen molar-refractivity contribution in [2.45, 2.75) is 25.3 Å². The van der Waals surface area contributed by atoms with Gasteiger partial charge < -0.3 is 10.0 Å². The summed E-state index contributed by atoms with van der Waals surface area (Å²) in [5.74, 6) is -0.0748. The zero-order chi connectivity index (χ0) is 14.8. The zero-order valence-electron chi connectivity index (χ0n) is 11.6. The summed E-state index contributed by atoms with van der Waals surface area (Å²) in [5.41, 5.74) is 1.27. The molecule has 5 heteroatoms. The van der Waals surface area contributed by atoms with E-state index in [1.807, 2.05) is 24.3 Å². The quantitative estimate of drug-likeness (QED) is 0.884. The van der Waals surface area contributed by atoms with Gasteiger partial charge in [0.05, 0.1) is 17.7 Å². The maximum atomic E-state index is 12.9. The van der Waals surface area contributed by atoms with Crippen LogP contribution in [-0.4, -0.2) is 40.1 Å². The molecule has 0 unspecified atom stereocenters. The van der Waals surface area contributed by atoms with E-state index >= 15 is 0 Å². The van der Waals surface area contributed by atoms with Crippen molar-refractivity contribution in [1.29, 1.82) is 0 Å². The minimum absolute atomic E-state index is 0.0288. The summed E-state index contributed by atoms with van der Waals surface area (Å²) in [6, 6.07) is 9.33. The van der Waals surface area contributed by atoms with Gasteiger partial charge in [-0.3, -0.25) is 4.79 Å². The van der Waals surface area contributed by atoms with Crippen LogP contribution >= 0.6 is 11.6 Å². The predicted octanol–water partition coefficient (Wildman–Crippen LogP) is 2.88. The Morgan fingerprint density at radius 2 is 2.14 bits per heavy atom. The number of hydrogen-bond donors (Lipinski definition) is 1. The van der Waals surface area contributed by atoms with E-state index in [1.165, 1.54) is 0 Å². The fraction of sp³-hybridized carbons (Fsp3) is 0.375. The van der Waals surface area contributed by atoms with Crippen molar-refractivity contribution >= 4 is 28.4 Å². The zero-order valence-corrected chi connectivity index (χ0v) is 12.4. The second-order valence-electron chi connectivity index (χ2n) is 5.32. The van der Waals surface area contributed by atoms with Crippen LogP contribution in [0.1, 0.15) is 29.6 Å². The highest BCUT2D eigenvalue weighted by Gasteiger charge is 2.30. The lowest BCUT2D eigenvalue weighted by Gasteiger charge is -2.37. The third kappa shape index (κ3) is 2.74. The molecule has 0 aliphatic heterocycles. The van der Waals surface area contributed by atoms with Crippen molar-refractivity contribution in [2.24, 2.45) is 0 Å². The number of rotatable bonds is 4. The van der Waals surface area contributed by atoms with Crippen LogP contribution in [0.5, 0.6) is 0 Å². The Hall–Kier alpha value is -1.65. The van der Waals surface area contributed by atoms with Crippen LogP contribution in [0.25, 0.3) is 10.9 Å². The third-order valence-corrected chi connectivity index (χ3v) is 4.23. The van der Waals surface area contributed by atoms with Crippen molar-refractivity contribution < 1.29 is 9.90 Å². The molecule has 1 aromatic heterocycles. The summed E-state index contributed by atoms with van der Waals surface area (Å²) in [7, 11) is 0. The number of halogens is 1. The van der Waals surface area contributed by atoms with Gasteiger partial charge in [-0.05, 0) is 31.4 Å². The summed E-state index contributed by atoms with van der Waals surface area (Å²) in [6.07, 6.45) is 3.14. The van der Waals surface area contributed by atoms with Gasteiger partial charge in [-0.15, -0.1) is 0 Å². The summed E-state index contributed by atoms with van der Waals surface area (Å²) in [4.78, 5) is 18.9. The first-order chi connectivity index (χ1) is 10.2. The number of carbonyl (C=O) groups excluding carboxylic acids is 1. The SMILES string of the molecule is O=C(c1cc(Cl)nc2ccccc12)N(CCO)C1CCC1. The topological polar surface area (TPSA) is 53.4 Å². The third-order valence-electron chi connectivity index (χ3n) is 4.03. The van der Waals surface area contributed by atoms with Crippen molar-refractivity contribution in [3.8, 4) is 0 Å². The molecule has 0 bridgehead atoms. The normalized spacial score (nSPS) is 15.0. The van der Waals surface area contributed by atoms with Crippen molar-refractivity contribution in [3.05, 3.63) is 41.0 Å². The van der Waals surface area contributed by atoms with Gasteiger partial charge >= 0.3 is 0 Å². The number of pyridine rings is 1. The first kappa shape index (κ1) is 14.3. The lowest BCUT2D eigenvalue weighted by atomic mass is 9.90. The minimum atomic E-state index is -0.0748. The molecule has 110 valence electrons. The first-order valence-corrected chi connectivity index (χ1v) is 7.55. The van der Waals surface area contributed by atoms with Crippen molar-refractivity contribution in [1.82, 2.24) is 9.88 Å². The molecule has 0 radical (unpaired) electrons. The average molecular weight is 305 g/mol. The average Bonchev–Trinajstić information content (AvgIpc) is 2.43. The number of aliphatic hydroxyl groups is 1. The van der Waals surface area contributed by atoms with Gasteiger partial charge in [0.1, 0.15) is 5.15 Å². The van der Waals surface area contributed by atoms with E-state index < -0.39 is 0 Å². The molecule has 0 saturated heterocycles. The van der Waals surface area contributed by atoms with Crippen LogP contribution in [0.4, 0.5) is 0 Å². The number of aromatic nitrogens is 1. The van der Waals surface area contributed by atoms with Gasteiger partial charge in [-0.2, -0.15) is 0 Å². The van der Waals surface area contributed by atoms with Gasteiger partial charge in [0.25, 0.3) is 5.91 Å². The van der Waals surface area contributed by atoms with Crippen molar-refractivity contribution in [3.63, 3.8) is 0 Å². The second kappa shape index (κ2) is 6.00. The van der Waals surface area contributed by atoms with Gasteiger partial charge in [-0.1, -0.05) is 29.8 Å². The standard InChI is InChI=1S/C16H17ClN2O2/c17-15-10-13(12-6-1-2-7-14(12)18-15)16(21)19(8-9-20)11-4-3-5-11/h1-2,6-7,10-11,20H,3-5,8-9H2. The van der Waals surface area contributed by atoms with E-state index in [0.29, 0.717) is 22.8 Å². The van der Waals surface area contributed by atoms with E-state index in [4.69, 9.17) is 11.6 Å². The Morgan fingerprint density at radius 3 is 2.81 bits per heavy atom. The number of fused-ring (bicyclic) bond motifs is 1. The number of para-hydroxylation sites is 1. The molecule has 3 rings (SSSR count). The molecule has 0 atom stereocenters. The molecule has 1 aliphatic rings. The summed E-state index contributed by atoms with van der Waals surface area (Å²) in [6.45, 7) is 0.330. The Balaban J connectivity index is 2.03. The van der Waals surface area contributed by atoms with Crippen LogP contribution in [0.15, 0.2) is 30.3 Å². The van der Waals surface area contributed by atoms with E-state index in [9.17, 15) is 9.90 Å². The molecule has 1 aromatic carbocycles. The number of carbonyl (C=O) groups is 1. The molecule has 21 heavy (non-hydrogen) atoms. The molecular weight excluding hydrogens is 288 g/mol. The van der Waals surface area contributed by atoms with Gasteiger partial charge in [0.2, 0.25) is 0 Å². The number of benzene rings is 1. The Morgan fingerprint density at radius 1 is 1.38 bits per heavy atom. The largest absolute Gasteiger partial charge is 0.395 e. The van der Waals surface area contributed by atoms with E-state index in [-0.39, 0.29) is 18.6 Å². The number of hydrogen-bond acceptors (Lipinski definition) is 3.